The molecule has 9 heteroatoms. The predicted molar refractivity (Wildman–Crippen MR) is 79.4 cm³/mol. The van der Waals surface area contributed by atoms with Crippen molar-refractivity contribution in [2.75, 3.05) is 0 Å². The number of fused-ring (bicyclic) bond motifs is 1. The molecule has 102 valence electrons. The highest BCUT2D eigenvalue weighted by molar-refractivity contribution is 7.25. The number of benzene rings is 1. The molecule has 0 atom stereocenters. The number of carboxylic acid groups (broad SMARTS) is 1. The molecule has 0 unspecified atom stereocenters. The second kappa shape index (κ2) is 4.85. The number of phenols is 1. The van der Waals surface area contributed by atoms with Crippen LogP contribution in [0.25, 0.3) is 20.2 Å². The minimum atomic E-state index is -1.09. The third kappa shape index (κ3) is 2.12. The van der Waals surface area contributed by atoms with Gasteiger partial charge in [-0.05, 0) is 6.07 Å². The highest BCUT2D eigenvalue weighted by Crippen LogP contribution is 2.43. The molecular formula is C11H4Cl2N2O3S2. The van der Waals surface area contributed by atoms with E-state index in [2.05, 4.69) is 9.97 Å². The van der Waals surface area contributed by atoms with E-state index in [4.69, 9.17) is 28.3 Å². The lowest BCUT2D eigenvalue weighted by molar-refractivity contribution is 0.0691. The molecule has 0 bridgehead atoms. The maximum absolute atomic E-state index is 10.8. The van der Waals surface area contributed by atoms with Crippen LogP contribution in [-0.4, -0.2) is 26.2 Å². The summed E-state index contributed by atoms with van der Waals surface area (Å²) in [6, 6.07) is 1.50. The number of thiazole rings is 2. The molecule has 3 rings (SSSR count). The van der Waals surface area contributed by atoms with E-state index in [1.165, 1.54) is 34.1 Å². The first kappa shape index (κ1) is 13.6. The van der Waals surface area contributed by atoms with Crippen LogP contribution in [0.1, 0.15) is 10.5 Å². The lowest BCUT2D eigenvalue weighted by Crippen LogP contribution is -1.95. The SMILES string of the molecule is O=C(O)c1csc(-c2nc3cc(Cl)c(O)c(Cl)c3s2)n1. The van der Waals surface area contributed by atoms with E-state index in [0.717, 1.165) is 0 Å². The second-order valence-electron chi connectivity index (χ2n) is 3.73. The molecule has 0 saturated carbocycles. The Labute approximate surface area is 130 Å². The first-order valence-corrected chi connectivity index (χ1v) is 7.59. The zero-order valence-corrected chi connectivity index (χ0v) is 12.6. The van der Waals surface area contributed by atoms with Crippen molar-refractivity contribution < 1.29 is 15.0 Å². The van der Waals surface area contributed by atoms with Crippen molar-refractivity contribution >= 4 is 62.1 Å². The van der Waals surface area contributed by atoms with Crippen molar-refractivity contribution in [3.05, 3.63) is 27.2 Å². The second-order valence-corrected chi connectivity index (χ2v) is 6.37. The summed E-state index contributed by atoms with van der Waals surface area (Å²) in [5.74, 6) is -1.28. The summed E-state index contributed by atoms with van der Waals surface area (Å²) in [5, 5.41) is 21.2. The van der Waals surface area contributed by atoms with Gasteiger partial charge in [0.15, 0.2) is 21.5 Å². The Bertz CT molecular complexity index is 844. The van der Waals surface area contributed by atoms with E-state index in [1.807, 2.05) is 0 Å². The third-order valence-corrected chi connectivity index (χ3v) is 5.30. The van der Waals surface area contributed by atoms with Gasteiger partial charge in [0.05, 0.1) is 15.2 Å². The minimum Gasteiger partial charge on any atom is -0.505 e. The van der Waals surface area contributed by atoms with E-state index < -0.39 is 5.97 Å². The molecule has 2 heterocycles. The number of rotatable bonds is 2. The molecule has 0 aliphatic carbocycles. The van der Waals surface area contributed by atoms with Crippen molar-refractivity contribution in [1.82, 2.24) is 9.97 Å². The maximum atomic E-state index is 10.8. The average molecular weight is 347 g/mol. The Morgan fingerprint density at radius 1 is 1.25 bits per heavy atom. The van der Waals surface area contributed by atoms with E-state index >= 15 is 0 Å². The smallest absolute Gasteiger partial charge is 0.355 e. The fraction of sp³-hybridized carbons (Fsp3) is 0. The van der Waals surface area contributed by atoms with Crippen LogP contribution >= 0.6 is 45.9 Å². The molecule has 0 saturated heterocycles. The summed E-state index contributed by atoms with van der Waals surface area (Å²) in [6.07, 6.45) is 0. The summed E-state index contributed by atoms with van der Waals surface area (Å²) in [7, 11) is 0. The molecule has 2 aromatic heterocycles. The molecule has 0 radical (unpaired) electrons. The highest BCUT2D eigenvalue weighted by atomic mass is 35.5. The van der Waals surface area contributed by atoms with Gasteiger partial charge in [0, 0.05) is 5.38 Å². The lowest BCUT2D eigenvalue weighted by Gasteiger charge is -1.98. The van der Waals surface area contributed by atoms with Gasteiger partial charge in [0.25, 0.3) is 0 Å². The summed E-state index contributed by atoms with van der Waals surface area (Å²) >= 11 is 14.2. The Morgan fingerprint density at radius 3 is 2.65 bits per heavy atom. The Morgan fingerprint density at radius 2 is 2.00 bits per heavy atom. The number of hydrogen-bond donors (Lipinski definition) is 2. The number of carbonyl (C=O) groups is 1. The zero-order chi connectivity index (χ0) is 14.4. The van der Waals surface area contributed by atoms with Gasteiger partial charge >= 0.3 is 5.97 Å². The first-order chi connectivity index (χ1) is 9.47. The molecule has 0 aliphatic heterocycles. The molecule has 3 aromatic rings. The number of aromatic nitrogens is 2. The molecule has 0 spiro atoms. The van der Waals surface area contributed by atoms with Crippen LogP contribution in [0.3, 0.4) is 0 Å². The Balaban J connectivity index is 2.17. The van der Waals surface area contributed by atoms with E-state index in [0.29, 0.717) is 20.2 Å². The molecule has 2 N–H and O–H groups in total. The van der Waals surface area contributed by atoms with Gasteiger partial charge in [-0.15, -0.1) is 22.7 Å². The van der Waals surface area contributed by atoms with Gasteiger partial charge in [-0.1, -0.05) is 23.2 Å². The van der Waals surface area contributed by atoms with Crippen LogP contribution in [0.2, 0.25) is 10.0 Å². The van der Waals surface area contributed by atoms with Gasteiger partial charge in [0.2, 0.25) is 0 Å². The third-order valence-electron chi connectivity index (χ3n) is 2.46. The van der Waals surface area contributed by atoms with Gasteiger partial charge in [-0.2, -0.15) is 0 Å². The van der Waals surface area contributed by atoms with E-state index in [-0.39, 0.29) is 21.5 Å². The molecule has 1 aromatic carbocycles. The standard InChI is InChI=1S/C11H4Cl2N2O3S2/c12-3-1-4-8(6(13)7(3)16)20-10(14-4)9-15-5(2-19-9)11(17)18/h1-2,16H,(H,17,18). The van der Waals surface area contributed by atoms with Crippen LogP contribution < -0.4 is 0 Å². The number of aromatic carboxylic acids is 1. The minimum absolute atomic E-state index is 0.0313. The zero-order valence-electron chi connectivity index (χ0n) is 9.42. The molecule has 20 heavy (non-hydrogen) atoms. The van der Waals surface area contributed by atoms with Crippen LogP contribution in [0.15, 0.2) is 11.4 Å². The van der Waals surface area contributed by atoms with Crippen LogP contribution in [0.4, 0.5) is 0 Å². The highest BCUT2D eigenvalue weighted by Gasteiger charge is 2.18. The van der Waals surface area contributed by atoms with E-state index in [9.17, 15) is 9.90 Å². The fourth-order valence-corrected chi connectivity index (χ4v) is 3.92. The van der Waals surface area contributed by atoms with Crippen molar-refractivity contribution in [3.8, 4) is 15.8 Å². The topological polar surface area (TPSA) is 83.3 Å². The van der Waals surface area contributed by atoms with Gasteiger partial charge < -0.3 is 10.2 Å². The van der Waals surface area contributed by atoms with Crippen molar-refractivity contribution in [2.24, 2.45) is 0 Å². The quantitative estimate of drug-likeness (QED) is 0.728. The predicted octanol–water partition coefficient (Wildman–Crippen LogP) is 4.13. The summed E-state index contributed by atoms with van der Waals surface area (Å²) in [6.45, 7) is 0. The van der Waals surface area contributed by atoms with Crippen LogP contribution in [-0.2, 0) is 0 Å². The Hall–Kier alpha value is -1.41. The average Bonchev–Trinajstić information content (AvgIpc) is 3.01. The molecule has 0 aliphatic rings. The monoisotopic (exact) mass is 346 g/mol. The van der Waals surface area contributed by atoms with Crippen molar-refractivity contribution in [3.63, 3.8) is 0 Å². The van der Waals surface area contributed by atoms with Crippen LogP contribution in [0.5, 0.6) is 5.75 Å². The number of carboxylic acids is 1. The molecule has 0 amide bonds. The number of nitrogens with zero attached hydrogens (tertiary/aromatic N) is 2. The largest absolute Gasteiger partial charge is 0.505 e. The fourth-order valence-electron chi connectivity index (χ4n) is 1.55. The van der Waals surface area contributed by atoms with Gasteiger partial charge in [-0.25, -0.2) is 14.8 Å². The summed E-state index contributed by atoms with van der Waals surface area (Å²) < 4.78 is 0.579. The van der Waals surface area contributed by atoms with Gasteiger partial charge in [-0.3, -0.25) is 0 Å². The van der Waals surface area contributed by atoms with Crippen molar-refractivity contribution in [1.29, 1.82) is 0 Å². The summed E-state index contributed by atoms with van der Waals surface area (Å²) in [5.41, 5.74) is 0.501. The first-order valence-electron chi connectivity index (χ1n) is 5.14. The lowest BCUT2D eigenvalue weighted by atomic mass is 10.3. The normalized spacial score (nSPS) is 11.1. The number of phenolic OH excluding ortho intramolecular Hbond substituents is 1. The molecular weight excluding hydrogens is 343 g/mol. The summed E-state index contributed by atoms with van der Waals surface area (Å²) in [4.78, 5) is 19.1. The molecule has 0 fully saturated rings. The van der Waals surface area contributed by atoms with E-state index in [1.54, 1.807) is 0 Å². The number of aromatic hydroxyl groups is 1. The maximum Gasteiger partial charge on any atom is 0.355 e. The Kier molecular flexibility index (Phi) is 3.29. The van der Waals surface area contributed by atoms with Gasteiger partial charge in [0.1, 0.15) is 5.02 Å². The number of hydrogen-bond acceptors (Lipinski definition) is 6. The molecule has 5 nitrogen and oxygen atoms in total. The van der Waals surface area contributed by atoms with Crippen molar-refractivity contribution in [2.45, 2.75) is 0 Å². The number of halogens is 2. The van der Waals surface area contributed by atoms with Crippen LogP contribution in [0, 0.1) is 0 Å².